The van der Waals surface area contributed by atoms with E-state index < -0.39 is 6.36 Å². The van der Waals surface area contributed by atoms with Crippen molar-refractivity contribution in [3.63, 3.8) is 0 Å². The Kier molecular flexibility index (Phi) is 5.90. The Balaban J connectivity index is 1.90. The van der Waals surface area contributed by atoms with Crippen LogP contribution in [0.15, 0.2) is 46.9 Å². The zero-order chi connectivity index (χ0) is 16.9. The molecular weight excluding hydrogens is 375 g/mol. The molecule has 0 fully saturated rings. The smallest absolute Gasteiger partial charge is 0.508 e. The number of hydrogen-bond acceptors (Lipinski definition) is 3. The number of hydrogen-bond donors (Lipinski definition) is 2. The van der Waals surface area contributed by atoms with E-state index >= 15 is 0 Å². The summed E-state index contributed by atoms with van der Waals surface area (Å²) in [4.78, 5) is 0. The zero-order valence-electron chi connectivity index (χ0n) is 12.0. The highest BCUT2D eigenvalue weighted by Crippen LogP contribution is 2.26. The van der Waals surface area contributed by atoms with E-state index in [1.807, 2.05) is 0 Å². The first kappa shape index (κ1) is 17.6. The predicted octanol–water partition coefficient (Wildman–Crippen LogP) is 4.39. The molecule has 0 bridgehead atoms. The molecule has 7 heteroatoms. The normalized spacial score (nSPS) is 11.5. The lowest BCUT2D eigenvalue weighted by atomic mass is 10.1. The van der Waals surface area contributed by atoms with Gasteiger partial charge in [0.25, 0.3) is 0 Å². The fourth-order valence-corrected chi connectivity index (χ4v) is 2.46. The molecule has 23 heavy (non-hydrogen) atoms. The Bertz CT molecular complexity index is 662. The molecule has 0 aliphatic carbocycles. The highest BCUT2D eigenvalue weighted by molar-refractivity contribution is 9.10. The van der Waals surface area contributed by atoms with Gasteiger partial charge in [-0.2, -0.15) is 0 Å². The first-order valence-electron chi connectivity index (χ1n) is 6.87. The molecule has 2 rings (SSSR count). The van der Waals surface area contributed by atoms with Crippen LogP contribution in [0, 0.1) is 0 Å². The summed E-state index contributed by atoms with van der Waals surface area (Å²) < 4.78 is 41.9. The summed E-state index contributed by atoms with van der Waals surface area (Å²) in [6.07, 6.45) is -4.31. The Labute approximate surface area is 140 Å². The molecule has 0 aliphatic rings. The third-order valence-corrected chi connectivity index (χ3v) is 3.89. The summed E-state index contributed by atoms with van der Waals surface area (Å²) in [7, 11) is 0. The number of ether oxygens (including phenoxy) is 1. The van der Waals surface area contributed by atoms with E-state index in [-0.39, 0.29) is 11.5 Å². The van der Waals surface area contributed by atoms with Crippen molar-refractivity contribution in [3.8, 4) is 11.5 Å². The van der Waals surface area contributed by atoms with E-state index in [0.29, 0.717) is 25.1 Å². The molecule has 0 atom stereocenters. The van der Waals surface area contributed by atoms with Crippen molar-refractivity contribution in [2.75, 3.05) is 6.54 Å². The van der Waals surface area contributed by atoms with Crippen LogP contribution >= 0.6 is 15.9 Å². The number of aromatic hydroxyl groups is 1. The van der Waals surface area contributed by atoms with Crippen LogP contribution in [0.2, 0.25) is 0 Å². The molecule has 124 valence electrons. The van der Waals surface area contributed by atoms with Crippen LogP contribution in [-0.2, 0) is 13.0 Å². The summed E-state index contributed by atoms with van der Waals surface area (Å²) in [5, 5.41) is 12.6. The Morgan fingerprint density at radius 2 is 1.83 bits per heavy atom. The first-order valence-corrected chi connectivity index (χ1v) is 7.66. The molecule has 0 saturated heterocycles. The molecule has 0 aliphatic heterocycles. The summed E-state index contributed by atoms with van der Waals surface area (Å²) >= 11 is 3.38. The third kappa shape index (κ3) is 5.76. The van der Waals surface area contributed by atoms with Gasteiger partial charge in [0.1, 0.15) is 11.5 Å². The maximum Gasteiger partial charge on any atom is 0.573 e. The maximum absolute atomic E-state index is 12.3. The number of rotatable bonds is 6. The standard InChI is InChI=1S/C16H15BrF3NO2/c17-14-6-5-13(22)9-12(14)10-21-8-7-11-3-1-2-4-15(11)23-16(18,19)20/h1-6,9,21-22H,7-8,10H2. The van der Waals surface area contributed by atoms with Gasteiger partial charge in [0.2, 0.25) is 0 Å². The third-order valence-electron chi connectivity index (χ3n) is 3.11. The van der Waals surface area contributed by atoms with Crippen LogP contribution in [0.5, 0.6) is 11.5 Å². The number of alkyl halides is 3. The summed E-state index contributed by atoms with van der Waals surface area (Å²) in [5.74, 6) is -0.0192. The van der Waals surface area contributed by atoms with Crippen LogP contribution in [-0.4, -0.2) is 18.0 Å². The molecular formula is C16H15BrF3NO2. The van der Waals surface area contributed by atoms with Crippen molar-refractivity contribution >= 4 is 15.9 Å². The van der Waals surface area contributed by atoms with E-state index in [4.69, 9.17) is 0 Å². The van der Waals surface area contributed by atoms with Gasteiger partial charge in [0.15, 0.2) is 0 Å². The second kappa shape index (κ2) is 7.70. The van der Waals surface area contributed by atoms with E-state index in [2.05, 4.69) is 26.0 Å². The Morgan fingerprint density at radius 3 is 2.57 bits per heavy atom. The lowest BCUT2D eigenvalue weighted by molar-refractivity contribution is -0.274. The molecule has 0 saturated carbocycles. The number of benzene rings is 2. The lowest BCUT2D eigenvalue weighted by Gasteiger charge is -2.13. The summed E-state index contributed by atoms with van der Waals surface area (Å²) in [6, 6.07) is 11.0. The van der Waals surface area contributed by atoms with Gasteiger partial charge in [-0.05, 0) is 48.4 Å². The molecule has 0 radical (unpaired) electrons. The van der Waals surface area contributed by atoms with Crippen molar-refractivity contribution in [1.82, 2.24) is 5.32 Å². The van der Waals surface area contributed by atoms with Crippen LogP contribution in [0.4, 0.5) is 13.2 Å². The number of phenols is 1. The average molecular weight is 390 g/mol. The van der Waals surface area contributed by atoms with Crippen LogP contribution in [0.1, 0.15) is 11.1 Å². The molecule has 0 amide bonds. The fourth-order valence-electron chi connectivity index (χ4n) is 2.08. The van der Waals surface area contributed by atoms with Gasteiger partial charge in [0.05, 0.1) is 0 Å². The van der Waals surface area contributed by atoms with Crippen LogP contribution in [0.3, 0.4) is 0 Å². The molecule has 0 spiro atoms. The van der Waals surface area contributed by atoms with E-state index in [1.165, 1.54) is 12.1 Å². The molecule has 2 N–H and O–H groups in total. The molecule has 0 heterocycles. The van der Waals surface area contributed by atoms with Gasteiger partial charge in [-0.1, -0.05) is 34.1 Å². The first-order chi connectivity index (χ1) is 10.8. The topological polar surface area (TPSA) is 41.5 Å². The van der Waals surface area contributed by atoms with Crippen LogP contribution < -0.4 is 10.1 Å². The van der Waals surface area contributed by atoms with Crippen molar-refractivity contribution in [2.45, 2.75) is 19.3 Å². The highest BCUT2D eigenvalue weighted by Gasteiger charge is 2.31. The Hall–Kier alpha value is -1.73. The molecule has 2 aromatic rings. The van der Waals surface area contributed by atoms with Gasteiger partial charge in [-0.25, -0.2) is 0 Å². The van der Waals surface area contributed by atoms with Crippen molar-refractivity contribution in [1.29, 1.82) is 0 Å². The van der Waals surface area contributed by atoms with E-state index in [1.54, 1.807) is 30.3 Å². The number of nitrogens with one attached hydrogen (secondary N) is 1. The van der Waals surface area contributed by atoms with Crippen molar-refractivity contribution in [3.05, 3.63) is 58.1 Å². The molecule has 2 aromatic carbocycles. The minimum atomic E-state index is -4.70. The van der Waals surface area contributed by atoms with Gasteiger partial charge < -0.3 is 15.2 Å². The molecule has 0 unspecified atom stereocenters. The SMILES string of the molecule is Oc1ccc(Br)c(CNCCc2ccccc2OC(F)(F)F)c1. The van der Waals surface area contributed by atoms with Gasteiger partial charge >= 0.3 is 6.36 Å². The van der Waals surface area contributed by atoms with Gasteiger partial charge in [-0.3, -0.25) is 0 Å². The minimum absolute atomic E-state index is 0.161. The fraction of sp³-hybridized carbons (Fsp3) is 0.250. The van der Waals surface area contributed by atoms with Gasteiger partial charge in [0, 0.05) is 11.0 Å². The number of halogens is 4. The monoisotopic (exact) mass is 389 g/mol. The quantitative estimate of drug-likeness (QED) is 0.720. The predicted molar refractivity (Wildman–Crippen MR) is 84.3 cm³/mol. The van der Waals surface area contributed by atoms with Crippen molar-refractivity contribution in [2.24, 2.45) is 0 Å². The van der Waals surface area contributed by atoms with Crippen LogP contribution in [0.25, 0.3) is 0 Å². The van der Waals surface area contributed by atoms with Crippen molar-refractivity contribution < 1.29 is 23.0 Å². The second-order valence-corrected chi connectivity index (χ2v) is 5.71. The minimum Gasteiger partial charge on any atom is -0.508 e. The van der Waals surface area contributed by atoms with Gasteiger partial charge in [-0.15, -0.1) is 13.2 Å². The second-order valence-electron chi connectivity index (χ2n) is 4.86. The number of para-hydroxylation sites is 1. The average Bonchev–Trinajstić information content (AvgIpc) is 2.47. The summed E-state index contributed by atoms with van der Waals surface area (Å²) in [5.41, 5.74) is 1.34. The zero-order valence-corrected chi connectivity index (χ0v) is 13.6. The maximum atomic E-state index is 12.3. The summed E-state index contributed by atoms with van der Waals surface area (Å²) in [6.45, 7) is 0.956. The largest absolute Gasteiger partial charge is 0.573 e. The van der Waals surface area contributed by atoms with E-state index in [0.717, 1.165) is 10.0 Å². The lowest BCUT2D eigenvalue weighted by Crippen LogP contribution is -2.20. The molecule has 3 nitrogen and oxygen atoms in total. The van der Waals surface area contributed by atoms with E-state index in [9.17, 15) is 18.3 Å². The number of phenolic OH excluding ortho intramolecular Hbond substituents is 1. The Morgan fingerprint density at radius 1 is 1.09 bits per heavy atom. The molecule has 0 aromatic heterocycles. The highest BCUT2D eigenvalue weighted by atomic mass is 79.9.